The van der Waals surface area contributed by atoms with Gasteiger partial charge in [0, 0.05) is 12.2 Å². The van der Waals surface area contributed by atoms with Crippen LogP contribution in [0.4, 0.5) is 5.69 Å². The molecule has 0 unspecified atom stereocenters. The third-order valence-corrected chi connectivity index (χ3v) is 4.67. The van der Waals surface area contributed by atoms with Crippen molar-refractivity contribution in [3.63, 3.8) is 0 Å². The molecule has 0 bridgehead atoms. The molecule has 1 amide bonds. The first-order chi connectivity index (χ1) is 12.5. The van der Waals surface area contributed by atoms with Crippen molar-refractivity contribution in [2.24, 2.45) is 0 Å². The third-order valence-electron chi connectivity index (χ3n) is 4.67. The number of anilines is 1. The standard InChI is InChI=1S/C21H23NO4/c1-14-5-4-6-15(2)20(14)26-12-10-19(23)22-11-9-16-13-17(21(24)25-3)7-8-18(16)22/h4-8,13H,9-12H2,1-3H3. The molecule has 0 radical (unpaired) electrons. The SMILES string of the molecule is COC(=O)c1ccc2c(c1)CCN2C(=O)CCOc1c(C)cccc1C. The fourth-order valence-corrected chi connectivity index (χ4v) is 3.31. The van der Waals surface area contributed by atoms with E-state index in [-0.39, 0.29) is 11.9 Å². The minimum Gasteiger partial charge on any atom is -0.493 e. The van der Waals surface area contributed by atoms with Gasteiger partial charge in [-0.1, -0.05) is 18.2 Å². The number of carbonyl (C=O) groups excluding carboxylic acids is 2. The maximum absolute atomic E-state index is 12.6. The van der Waals surface area contributed by atoms with E-state index in [0.29, 0.717) is 25.1 Å². The Labute approximate surface area is 153 Å². The van der Waals surface area contributed by atoms with Crippen LogP contribution in [-0.2, 0) is 16.0 Å². The van der Waals surface area contributed by atoms with Crippen LogP contribution in [0.5, 0.6) is 5.75 Å². The number of nitrogens with zero attached hydrogens (tertiary/aromatic N) is 1. The molecule has 0 saturated heterocycles. The fourth-order valence-electron chi connectivity index (χ4n) is 3.31. The molecule has 0 N–H and O–H groups in total. The number of para-hydroxylation sites is 1. The van der Waals surface area contributed by atoms with Crippen molar-refractivity contribution < 1.29 is 19.1 Å². The van der Waals surface area contributed by atoms with E-state index < -0.39 is 0 Å². The predicted molar refractivity (Wildman–Crippen MR) is 99.9 cm³/mol. The highest BCUT2D eigenvalue weighted by atomic mass is 16.5. The zero-order valence-electron chi connectivity index (χ0n) is 15.4. The second-order valence-electron chi connectivity index (χ2n) is 6.45. The monoisotopic (exact) mass is 353 g/mol. The van der Waals surface area contributed by atoms with Crippen LogP contribution in [0.15, 0.2) is 36.4 Å². The number of fused-ring (bicyclic) bond motifs is 1. The molecule has 26 heavy (non-hydrogen) atoms. The van der Waals surface area contributed by atoms with Crippen LogP contribution in [0, 0.1) is 13.8 Å². The van der Waals surface area contributed by atoms with E-state index in [1.807, 2.05) is 44.2 Å². The number of benzene rings is 2. The highest BCUT2D eigenvalue weighted by Crippen LogP contribution is 2.30. The lowest BCUT2D eigenvalue weighted by Gasteiger charge is -2.18. The molecule has 2 aromatic rings. The van der Waals surface area contributed by atoms with E-state index in [0.717, 1.165) is 34.5 Å². The van der Waals surface area contributed by atoms with Gasteiger partial charge in [-0.25, -0.2) is 4.79 Å². The summed E-state index contributed by atoms with van der Waals surface area (Å²) >= 11 is 0. The molecule has 0 saturated carbocycles. The highest BCUT2D eigenvalue weighted by molar-refractivity contribution is 5.97. The average Bonchev–Trinajstić information content (AvgIpc) is 3.06. The lowest BCUT2D eigenvalue weighted by molar-refractivity contribution is -0.119. The van der Waals surface area contributed by atoms with Crippen LogP contribution in [0.3, 0.4) is 0 Å². The normalized spacial score (nSPS) is 12.7. The summed E-state index contributed by atoms with van der Waals surface area (Å²) in [5.74, 6) is 0.519. The summed E-state index contributed by atoms with van der Waals surface area (Å²) in [6, 6.07) is 11.3. The smallest absolute Gasteiger partial charge is 0.337 e. The second kappa shape index (κ2) is 7.60. The fraction of sp³-hybridized carbons (Fsp3) is 0.333. The first-order valence-corrected chi connectivity index (χ1v) is 8.72. The van der Waals surface area contributed by atoms with Crippen LogP contribution < -0.4 is 9.64 Å². The van der Waals surface area contributed by atoms with Crippen LogP contribution in [0.2, 0.25) is 0 Å². The lowest BCUT2D eigenvalue weighted by atomic mass is 10.1. The summed E-state index contributed by atoms with van der Waals surface area (Å²) in [5.41, 5.74) is 4.52. The maximum Gasteiger partial charge on any atom is 0.337 e. The Morgan fingerprint density at radius 3 is 2.54 bits per heavy atom. The topological polar surface area (TPSA) is 55.8 Å². The molecular formula is C21H23NO4. The van der Waals surface area contributed by atoms with Crippen LogP contribution in [0.1, 0.15) is 33.5 Å². The molecule has 0 aromatic heterocycles. The molecule has 2 aromatic carbocycles. The van der Waals surface area contributed by atoms with Gasteiger partial charge in [0.15, 0.2) is 0 Å². The van der Waals surface area contributed by atoms with Gasteiger partial charge in [-0.3, -0.25) is 4.79 Å². The summed E-state index contributed by atoms with van der Waals surface area (Å²) in [5, 5.41) is 0. The van der Waals surface area contributed by atoms with E-state index in [1.54, 1.807) is 11.0 Å². The summed E-state index contributed by atoms with van der Waals surface area (Å²) in [6.07, 6.45) is 1.05. The molecule has 5 heteroatoms. The molecule has 1 aliphatic rings. The maximum atomic E-state index is 12.6. The number of rotatable bonds is 5. The number of ether oxygens (including phenoxy) is 2. The van der Waals surface area contributed by atoms with Crippen molar-refractivity contribution in [3.8, 4) is 5.75 Å². The molecule has 3 rings (SSSR count). The Bertz CT molecular complexity index is 824. The van der Waals surface area contributed by atoms with E-state index in [1.165, 1.54) is 7.11 Å². The Morgan fingerprint density at radius 1 is 1.12 bits per heavy atom. The van der Waals surface area contributed by atoms with E-state index in [9.17, 15) is 9.59 Å². The van der Waals surface area contributed by atoms with Gasteiger partial charge in [0.1, 0.15) is 5.75 Å². The first kappa shape index (κ1) is 18.0. The lowest BCUT2D eigenvalue weighted by Crippen LogP contribution is -2.30. The third kappa shape index (κ3) is 3.57. The number of amides is 1. The van der Waals surface area contributed by atoms with Crippen molar-refractivity contribution in [2.75, 3.05) is 25.2 Å². The molecule has 0 atom stereocenters. The molecule has 0 aliphatic carbocycles. The van der Waals surface area contributed by atoms with Gasteiger partial charge in [0.2, 0.25) is 5.91 Å². The zero-order chi connectivity index (χ0) is 18.7. The van der Waals surface area contributed by atoms with Gasteiger partial charge in [0.05, 0.1) is 25.7 Å². The van der Waals surface area contributed by atoms with Crippen molar-refractivity contribution in [2.45, 2.75) is 26.7 Å². The first-order valence-electron chi connectivity index (χ1n) is 8.72. The molecule has 1 heterocycles. The van der Waals surface area contributed by atoms with Crippen LogP contribution >= 0.6 is 0 Å². The largest absolute Gasteiger partial charge is 0.493 e. The Balaban J connectivity index is 1.63. The van der Waals surface area contributed by atoms with E-state index >= 15 is 0 Å². The van der Waals surface area contributed by atoms with Crippen LogP contribution in [-0.4, -0.2) is 32.1 Å². The van der Waals surface area contributed by atoms with E-state index in [2.05, 4.69) is 0 Å². The zero-order valence-corrected chi connectivity index (χ0v) is 15.4. The highest BCUT2D eigenvalue weighted by Gasteiger charge is 2.25. The summed E-state index contributed by atoms with van der Waals surface area (Å²) < 4.78 is 10.6. The Hall–Kier alpha value is -2.82. The average molecular weight is 353 g/mol. The molecular weight excluding hydrogens is 330 g/mol. The summed E-state index contributed by atoms with van der Waals surface area (Å²) in [7, 11) is 1.36. The number of hydrogen-bond donors (Lipinski definition) is 0. The van der Waals surface area contributed by atoms with Gasteiger partial charge in [-0.2, -0.15) is 0 Å². The molecule has 5 nitrogen and oxygen atoms in total. The second-order valence-corrected chi connectivity index (χ2v) is 6.45. The van der Waals surface area contributed by atoms with Gasteiger partial charge in [-0.15, -0.1) is 0 Å². The van der Waals surface area contributed by atoms with Gasteiger partial charge in [0.25, 0.3) is 0 Å². The number of hydrogen-bond acceptors (Lipinski definition) is 4. The van der Waals surface area contributed by atoms with Crippen molar-refractivity contribution in [1.82, 2.24) is 0 Å². The van der Waals surface area contributed by atoms with Crippen molar-refractivity contribution >= 4 is 17.6 Å². The molecule has 0 fully saturated rings. The minimum atomic E-state index is -0.362. The Morgan fingerprint density at radius 2 is 1.85 bits per heavy atom. The number of methoxy groups -OCH3 is 1. The summed E-state index contributed by atoms with van der Waals surface area (Å²) in [4.78, 5) is 26.0. The van der Waals surface area contributed by atoms with Gasteiger partial charge >= 0.3 is 5.97 Å². The number of esters is 1. The minimum absolute atomic E-state index is 0.0285. The van der Waals surface area contributed by atoms with Gasteiger partial charge < -0.3 is 14.4 Å². The van der Waals surface area contributed by atoms with Gasteiger partial charge in [-0.05, 0) is 55.2 Å². The van der Waals surface area contributed by atoms with Crippen molar-refractivity contribution in [1.29, 1.82) is 0 Å². The quantitative estimate of drug-likeness (QED) is 0.773. The van der Waals surface area contributed by atoms with Crippen molar-refractivity contribution in [3.05, 3.63) is 58.7 Å². The van der Waals surface area contributed by atoms with Crippen LogP contribution in [0.25, 0.3) is 0 Å². The summed E-state index contributed by atoms with van der Waals surface area (Å²) in [6.45, 7) is 4.97. The Kier molecular flexibility index (Phi) is 5.26. The van der Waals surface area contributed by atoms with E-state index in [4.69, 9.17) is 9.47 Å². The predicted octanol–water partition coefficient (Wildman–Crippen LogP) is 3.45. The molecule has 1 aliphatic heterocycles. The molecule has 0 spiro atoms. The molecule has 136 valence electrons. The number of carbonyl (C=O) groups is 2. The number of aryl methyl sites for hydroxylation is 2.